The highest BCUT2D eigenvalue weighted by atomic mass is 32.1. The lowest BCUT2D eigenvalue weighted by Crippen LogP contribution is -2.46. The van der Waals surface area contributed by atoms with Gasteiger partial charge in [0, 0.05) is 18.2 Å². The molecule has 1 fully saturated rings. The molecule has 6 nitrogen and oxygen atoms in total. The van der Waals surface area contributed by atoms with Crippen molar-refractivity contribution in [2.24, 2.45) is 0 Å². The Morgan fingerprint density at radius 3 is 2.94 bits per heavy atom. The number of fused-ring (bicyclic) bond motifs is 1. The van der Waals surface area contributed by atoms with Crippen LogP contribution < -0.4 is 10.9 Å². The molecule has 0 bridgehead atoms. The van der Waals surface area contributed by atoms with E-state index in [1.807, 2.05) is 25.1 Å². The monoisotopic (exact) mass is 452 g/mol. The van der Waals surface area contributed by atoms with Crippen LogP contribution in [-0.2, 0) is 13.1 Å². The summed E-state index contributed by atoms with van der Waals surface area (Å²) >= 11 is 5.78. The maximum atomic E-state index is 13.0. The van der Waals surface area contributed by atoms with Gasteiger partial charge in [-0.25, -0.2) is 0 Å². The van der Waals surface area contributed by atoms with Gasteiger partial charge in [0.25, 0.3) is 5.56 Å². The molecule has 1 aliphatic heterocycles. The average molecular weight is 453 g/mol. The molecule has 0 radical (unpaired) electrons. The van der Waals surface area contributed by atoms with E-state index in [1.54, 1.807) is 6.26 Å². The van der Waals surface area contributed by atoms with Crippen LogP contribution in [0.1, 0.15) is 42.2 Å². The largest absolute Gasteiger partial charge is 0.467 e. The van der Waals surface area contributed by atoms with Gasteiger partial charge in [0.1, 0.15) is 5.76 Å². The van der Waals surface area contributed by atoms with Crippen molar-refractivity contribution in [3.05, 3.63) is 69.4 Å². The molecule has 3 aromatic rings. The number of hydrogen-bond donors (Lipinski definition) is 2. The number of pyridine rings is 1. The van der Waals surface area contributed by atoms with Gasteiger partial charge >= 0.3 is 0 Å². The standard InChI is InChI=1S/C25H32N4O2S/c1-4-28-11-5-7-21(28)16-29(25(32)26-14-22-8-6-12-31-22)15-20-13-19-10-9-17(2)18(3)23(19)27-24(20)30/h6,8-10,12-13,21H,4-5,7,11,14-16H2,1-3H3,(H,26,32)(H,27,30)/t21-/m1/s1. The maximum absolute atomic E-state index is 13.0. The molecule has 7 heteroatoms. The Hall–Kier alpha value is -2.64. The van der Waals surface area contributed by atoms with Crippen molar-refractivity contribution in [1.29, 1.82) is 0 Å². The lowest BCUT2D eigenvalue weighted by molar-refractivity contribution is 0.219. The van der Waals surface area contributed by atoms with Crippen LogP contribution in [0.3, 0.4) is 0 Å². The summed E-state index contributed by atoms with van der Waals surface area (Å²) in [6.07, 6.45) is 4.01. The Bertz CT molecular complexity index is 1140. The Morgan fingerprint density at radius 2 is 2.19 bits per heavy atom. The van der Waals surface area contributed by atoms with Crippen LogP contribution in [0.5, 0.6) is 0 Å². The van der Waals surface area contributed by atoms with Crippen LogP contribution in [0.4, 0.5) is 0 Å². The molecule has 0 unspecified atom stereocenters. The second-order valence-electron chi connectivity index (χ2n) is 8.64. The minimum Gasteiger partial charge on any atom is -0.467 e. The van der Waals surface area contributed by atoms with E-state index in [4.69, 9.17) is 16.6 Å². The normalized spacial score (nSPS) is 16.5. The van der Waals surface area contributed by atoms with Crippen molar-refractivity contribution in [2.75, 3.05) is 19.6 Å². The van der Waals surface area contributed by atoms with E-state index in [9.17, 15) is 4.79 Å². The SMILES string of the molecule is CCN1CCC[C@@H]1CN(Cc1cc2ccc(C)c(C)c2[nH]c1=O)C(=S)NCc1ccco1. The summed E-state index contributed by atoms with van der Waals surface area (Å²) in [4.78, 5) is 20.7. The lowest BCUT2D eigenvalue weighted by atomic mass is 10.0. The topological polar surface area (TPSA) is 64.5 Å². The first kappa shape index (κ1) is 22.6. The van der Waals surface area contributed by atoms with E-state index in [0.717, 1.165) is 53.8 Å². The van der Waals surface area contributed by atoms with E-state index >= 15 is 0 Å². The van der Waals surface area contributed by atoms with Crippen molar-refractivity contribution in [3.8, 4) is 0 Å². The smallest absolute Gasteiger partial charge is 0.253 e. The summed E-state index contributed by atoms with van der Waals surface area (Å²) in [6, 6.07) is 10.4. The highest BCUT2D eigenvalue weighted by molar-refractivity contribution is 7.80. The average Bonchev–Trinajstić information content (AvgIpc) is 3.47. The summed E-state index contributed by atoms with van der Waals surface area (Å²) < 4.78 is 5.43. The fourth-order valence-corrected chi connectivity index (χ4v) is 4.78. The van der Waals surface area contributed by atoms with Crippen LogP contribution in [0, 0.1) is 13.8 Å². The highest BCUT2D eigenvalue weighted by Crippen LogP contribution is 2.21. The summed E-state index contributed by atoms with van der Waals surface area (Å²) in [5, 5.41) is 5.01. The van der Waals surface area contributed by atoms with Gasteiger partial charge in [0.2, 0.25) is 0 Å². The number of hydrogen-bond acceptors (Lipinski definition) is 4. The third-order valence-electron chi connectivity index (χ3n) is 6.61. The number of furan rings is 1. The first-order chi connectivity index (χ1) is 15.5. The van der Waals surface area contributed by atoms with Gasteiger partial charge in [-0.05, 0) is 86.7 Å². The Balaban J connectivity index is 1.58. The molecule has 1 aliphatic rings. The van der Waals surface area contributed by atoms with Gasteiger partial charge in [-0.2, -0.15) is 0 Å². The number of likely N-dealkylation sites (N-methyl/N-ethyl adjacent to an activating group) is 1. The minimum atomic E-state index is -0.0520. The molecular weight excluding hydrogens is 420 g/mol. The number of aromatic nitrogens is 1. The zero-order valence-corrected chi connectivity index (χ0v) is 19.9. The lowest BCUT2D eigenvalue weighted by Gasteiger charge is -2.32. The Morgan fingerprint density at radius 1 is 1.34 bits per heavy atom. The fourth-order valence-electron chi connectivity index (χ4n) is 4.57. The van der Waals surface area contributed by atoms with Gasteiger partial charge in [-0.1, -0.05) is 19.1 Å². The molecular formula is C25H32N4O2S. The predicted molar refractivity (Wildman–Crippen MR) is 133 cm³/mol. The van der Waals surface area contributed by atoms with Crippen molar-refractivity contribution in [2.45, 2.75) is 52.7 Å². The minimum absolute atomic E-state index is 0.0520. The Labute approximate surface area is 194 Å². The number of rotatable bonds is 7. The number of H-pyrrole nitrogens is 1. The molecule has 0 aliphatic carbocycles. The van der Waals surface area contributed by atoms with Crippen LogP contribution in [0.15, 0.2) is 45.8 Å². The van der Waals surface area contributed by atoms with E-state index in [-0.39, 0.29) is 5.56 Å². The van der Waals surface area contributed by atoms with Crippen molar-refractivity contribution < 1.29 is 4.42 Å². The molecule has 170 valence electrons. The van der Waals surface area contributed by atoms with Crippen LogP contribution in [-0.4, -0.2) is 45.6 Å². The van der Waals surface area contributed by atoms with E-state index in [1.165, 1.54) is 12.0 Å². The number of nitrogens with one attached hydrogen (secondary N) is 2. The number of likely N-dealkylation sites (tertiary alicyclic amines) is 1. The first-order valence-electron chi connectivity index (χ1n) is 11.4. The summed E-state index contributed by atoms with van der Waals surface area (Å²) in [6.45, 7) is 10.3. The van der Waals surface area contributed by atoms with Crippen LogP contribution in [0.2, 0.25) is 0 Å². The number of aromatic amines is 1. The zero-order valence-electron chi connectivity index (χ0n) is 19.1. The summed E-state index contributed by atoms with van der Waals surface area (Å²) in [5.41, 5.74) is 3.87. The fraction of sp³-hybridized carbons (Fsp3) is 0.440. The summed E-state index contributed by atoms with van der Waals surface area (Å²) in [7, 11) is 0. The van der Waals surface area contributed by atoms with Crippen molar-refractivity contribution in [1.82, 2.24) is 20.1 Å². The quantitative estimate of drug-likeness (QED) is 0.526. The van der Waals surface area contributed by atoms with Gasteiger partial charge in [-0.3, -0.25) is 9.69 Å². The summed E-state index contributed by atoms with van der Waals surface area (Å²) in [5.74, 6) is 0.831. The Kier molecular flexibility index (Phi) is 6.96. The van der Waals surface area contributed by atoms with Gasteiger partial charge in [0.05, 0.1) is 24.9 Å². The van der Waals surface area contributed by atoms with Gasteiger partial charge in [0.15, 0.2) is 5.11 Å². The molecule has 0 saturated carbocycles. The second-order valence-corrected chi connectivity index (χ2v) is 9.03. The molecule has 3 heterocycles. The molecule has 1 atom stereocenters. The number of benzene rings is 1. The highest BCUT2D eigenvalue weighted by Gasteiger charge is 2.26. The predicted octanol–water partition coefficient (Wildman–Crippen LogP) is 4.10. The zero-order chi connectivity index (χ0) is 22.7. The number of aryl methyl sites for hydroxylation is 2. The first-order valence-corrected chi connectivity index (χ1v) is 11.8. The number of thiocarbonyl (C=S) groups is 1. The second kappa shape index (κ2) is 9.88. The van der Waals surface area contributed by atoms with Gasteiger partial charge < -0.3 is 19.6 Å². The molecule has 1 aromatic carbocycles. The van der Waals surface area contributed by atoms with E-state index in [0.29, 0.717) is 24.2 Å². The molecule has 0 amide bonds. The molecule has 2 aromatic heterocycles. The van der Waals surface area contributed by atoms with Crippen LogP contribution >= 0.6 is 12.2 Å². The van der Waals surface area contributed by atoms with Crippen LogP contribution in [0.25, 0.3) is 10.9 Å². The van der Waals surface area contributed by atoms with Gasteiger partial charge in [-0.15, -0.1) is 0 Å². The molecule has 1 saturated heterocycles. The van der Waals surface area contributed by atoms with Crippen molar-refractivity contribution in [3.63, 3.8) is 0 Å². The van der Waals surface area contributed by atoms with E-state index < -0.39 is 0 Å². The van der Waals surface area contributed by atoms with E-state index in [2.05, 4.69) is 46.1 Å². The molecule has 2 N–H and O–H groups in total. The number of nitrogens with zero attached hydrogens (tertiary/aromatic N) is 2. The molecule has 0 spiro atoms. The molecule has 4 rings (SSSR count). The third kappa shape index (κ3) is 4.89. The maximum Gasteiger partial charge on any atom is 0.253 e. The third-order valence-corrected chi connectivity index (χ3v) is 7.01. The van der Waals surface area contributed by atoms with Crippen molar-refractivity contribution >= 4 is 28.2 Å². The molecule has 32 heavy (non-hydrogen) atoms.